The normalized spacial score (nSPS) is 27.0. The molecule has 2 unspecified atom stereocenters. The van der Waals surface area contributed by atoms with Gasteiger partial charge in [-0.1, -0.05) is 6.92 Å². The van der Waals surface area contributed by atoms with Crippen LogP contribution in [0.3, 0.4) is 0 Å². The fourth-order valence-electron chi connectivity index (χ4n) is 1.62. The second-order valence-corrected chi connectivity index (χ2v) is 3.63. The average molecular weight is 172 g/mol. The molecule has 0 aromatic heterocycles. The summed E-state index contributed by atoms with van der Waals surface area (Å²) < 4.78 is 5.56. The van der Waals surface area contributed by atoms with E-state index in [1.165, 1.54) is 19.3 Å². The molecule has 2 atom stereocenters. The van der Waals surface area contributed by atoms with E-state index in [4.69, 9.17) is 4.74 Å². The molecule has 0 radical (unpaired) electrons. The van der Waals surface area contributed by atoms with Crippen molar-refractivity contribution >= 4 is 0 Å². The second kappa shape index (κ2) is 5.55. The largest absolute Gasteiger partial charge is 0.393 e. The van der Waals surface area contributed by atoms with Gasteiger partial charge in [0.2, 0.25) is 0 Å². The Kier molecular flexibility index (Phi) is 4.62. The van der Waals surface area contributed by atoms with Gasteiger partial charge in [-0.25, -0.2) is 0 Å². The van der Waals surface area contributed by atoms with Gasteiger partial charge in [-0.05, 0) is 38.5 Å². The van der Waals surface area contributed by atoms with E-state index in [0.717, 1.165) is 25.9 Å². The van der Waals surface area contributed by atoms with Crippen molar-refractivity contribution < 1.29 is 9.84 Å². The molecule has 12 heavy (non-hydrogen) atoms. The topological polar surface area (TPSA) is 29.5 Å². The fourth-order valence-corrected chi connectivity index (χ4v) is 1.62. The highest BCUT2D eigenvalue weighted by atomic mass is 16.5. The molecule has 1 saturated heterocycles. The van der Waals surface area contributed by atoms with Gasteiger partial charge < -0.3 is 9.84 Å². The highest BCUT2D eigenvalue weighted by Gasteiger charge is 2.14. The van der Waals surface area contributed by atoms with Crippen LogP contribution in [0, 0.1) is 0 Å². The molecule has 1 rings (SSSR count). The van der Waals surface area contributed by atoms with Crippen LogP contribution in [0.2, 0.25) is 0 Å². The third kappa shape index (κ3) is 3.55. The smallest absolute Gasteiger partial charge is 0.0576 e. The van der Waals surface area contributed by atoms with E-state index in [-0.39, 0.29) is 6.10 Å². The van der Waals surface area contributed by atoms with Crippen LogP contribution in [-0.2, 0) is 4.74 Å². The predicted molar refractivity (Wildman–Crippen MR) is 49.1 cm³/mol. The molecule has 72 valence electrons. The van der Waals surface area contributed by atoms with Gasteiger partial charge in [-0.3, -0.25) is 0 Å². The van der Waals surface area contributed by atoms with Crippen molar-refractivity contribution in [2.24, 2.45) is 0 Å². The van der Waals surface area contributed by atoms with Crippen molar-refractivity contribution in [2.45, 2.75) is 57.7 Å². The van der Waals surface area contributed by atoms with E-state index >= 15 is 0 Å². The average Bonchev–Trinajstić information content (AvgIpc) is 2.16. The summed E-state index contributed by atoms with van der Waals surface area (Å²) in [4.78, 5) is 0. The third-order valence-corrected chi connectivity index (χ3v) is 2.57. The molecule has 0 amide bonds. The Labute approximate surface area is 74.9 Å². The Morgan fingerprint density at radius 1 is 1.50 bits per heavy atom. The Morgan fingerprint density at radius 2 is 2.33 bits per heavy atom. The van der Waals surface area contributed by atoms with Crippen LogP contribution in [0.1, 0.15) is 45.4 Å². The Bertz CT molecular complexity index is 108. The zero-order valence-corrected chi connectivity index (χ0v) is 7.96. The van der Waals surface area contributed by atoms with Gasteiger partial charge in [-0.2, -0.15) is 0 Å². The number of aliphatic hydroxyl groups is 1. The van der Waals surface area contributed by atoms with Gasteiger partial charge >= 0.3 is 0 Å². The zero-order chi connectivity index (χ0) is 8.81. The standard InChI is InChI=1S/C10H20O2/c1-2-9(11)6-7-10-5-3-4-8-12-10/h9-11H,2-8H2,1H3. The molecule has 0 saturated carbocycles. The van der Waals surface area contributed by atoms with Crippen LogP contribution >= 0.6 is 0 Å². The molecule has 1 N–H and O–H groups in total. The van der Waals surface area contributed by atoms with E-state index in [1.54, 1.807) is 0 Å². The molecule has 1 aliphatic rings. The maximum absolute atomic E-state index is 9.33. The van der Waals surface area contributed by atoms with E-state index in [0.29, 0.717) is 6.10 Å². The summed E-state index contributed by atoms with van der Waals surface area (Å²) in [5, 5.41) is 9.33. The lowest BCUT2D eigenvalue weighted by Crippen LogP contribution is -2.20. The number of hydrogen-bond donors (Lipinski definition) is 1. The summed E-state index contributed by atoms with van der Waals surface area (Å²) >= 11 is 0. The van der Waals surface area contributed by atoms with E-state index in [9.17, 15) is 5.11 Å². The first-order valence-corrected chi connectivity index (χ1v) is 5.12. The summed E-state index contributed by atoms with van der Waals surface area (Å²) in [5.41, 5.74) is 0. The molecule has 0 aromatic rings. The zero-order valence-electron chi connectivity index (χ0n) is 7.96. The van der Waals surface area contributed by atoms with Gasteiger partial charge in [0.05, 0.1) is 12.2 Å². The van der Waals surface area contributed by atoms with E-state index in [1.807, 2.05) is 6.92 Å². The van der Waals surface area contributed by atoms with Gasteiger partial charge in [0.25, 0.3) is 0 Å². The molecule has 1 aliphatic heterocycles. The lowest BCUT2D eigenvalue weighted by Gasteiger charge is -2.23. The van der Waals surface area contributed by atoms with Gasteiger partial charge in [0.1, 0.15) is 0 Å². The van der Waals surface area contributed by atoms with Gasteiger partial charge in [0, 0.05) is 6.61 Å². The third-order valence-electron chi connectivity index (χ3n) is 2.57. The molecule has 2 nitrogen and oxygen atoms in total. The Hall–Kier alpha value is -0.0800. The molecule has 1 heterocycles. The van der Waals surface area contributed by atoms with Crippen LogP contribution in [0.25, 0.3) is 0 Å². The molecule has 0 bridgehead atoms. The molecule has 0 spiro atoms. The van der Waals surface area contributed by atoms with Crippen LogP contribution in [0.5, 0.6) is 0 Å². The monoisotopic (exact) mass is 172 g/mol. The quantitative estimate of drug-likeness (QED) is 0.703. The van der Waals surface area contributed by atoms with Gasteiger partial charge in [-0.15, -0.1) is 0 Å². The highest BCUT2D eigenvalue weighted by molar-refractivity contribution is 4.65. The minimum Gasteiger partial charge on any atom is -0.393 e. The maximum Gasteiger partial charge on any atom is 0.0576 e. The molecule has 0 aliphatic carbocycles. The molecule has 1 fully saturated rings. The Balaban J connectivity index is 2.05. The minimum absolute atomic E-state index is 0.115. The predicted octanol–water partition coefficient (Wildman–Crippen LogP) is 2.11. The number of aliphatic hydroxyl groups excluding tert-OH is 1. The first kappa shape index (κ1) is 10.0. The maximum atomic E-state index is 9.33. The summed E-state index contributed by atoms with van der Waals surface area (Å²) in [6.45, 7) is 2.94. The summed E-state index contributed by atoms with van der Waals surface area (Å²) in [5.74, 6) is 0. The fraction of sp³-hybridized carbons (Fsp3) is 1.00. The van der Waals surface area contributed by atoms with Crippen molar-refractivity contribution in [3.05, 3.63) is 0 Å². The summed E-state index contributed by atoms with van der Waals surface area (Å²) in [7, 11) is 0. The van der Waals surface area contributed by atoms with E-state index < -0.39 is 0 Å². The van der Waals surface area contributed by atoms with Crippen molar-refractivity contribution in [3.8, 4) is 0 Å². The van der Waals surface area contributed by atoms with Gasteiger partial charge in [0.15, 0.2) is 0 Å². The van der Waals surface area contributed by atoms with Crippen molar-refractivity contribution in [1.29, 1.82) is 0 Å². The van der Waals surface area contributed by atoms with Crippen LogP contribution in [0.4, 0.5) is 0 Å². The van der Waals surface area contributed by atoms with Crippen LogP contribution < -0.4 is 0 Å². The molecule has 2 heteroatoms. The Morgan fingerprint density at radius 3 is 2.92 bits per heavy atom. The van der Waals surface area contributed by atoms with Crippen molar-refractivity contribution in [2.75, 3.05) is 6.61 Å². The van der Waals surface area contributed by atoms with Crippen molar-refractivity contribution in [3.63, 3.8) is 0 Å². The first-order valence-electron chi connectivity index (χ1n) is 5.12. The minimum atomic E-state index is -0.115. The van der Waals surface area contributed by atoms with E-state index in [2.05, 4.69) is 0 Å². The summed E-state index contributed by atoms with van der Waals surface area (Å²) in [6, 6.07) is 0. The number of hydrogen-bond acceptors (Lipinski definition) is 2. The number of rotatable bonds is 4. The summed E-state index contributed by atoms with van der Waals surface area (Å²) in [6.07, 6.45) is 6.83. The highest BCUT2D eigenvalue weighted by Crippen LogP contribution is 2.18. The molecular formula is C10H20O2. The number of ether oxygens (including phenoxy) is 1. The lowest BCUT2D eigenvalue weighted by atomic mass is 10.0. The lowest BCUT2D eigenvalue weighted by molar-refractivity contribution is 0.00208. The SMILES string of the molecule is CCC(O)CCC1CCCCO1. The van der Waals surface area contributed by atoms with Crippen LogP contribution in [-0.4, -0.2) is 23.9 Å². The van der Waals surface area contributed by atoms with Crippen molar-refractivity contribution in [1.82, 2.24) is 0 Å². The first-order chi connectivity index (χ1) is 5.83. The molecular weight excluding hydrogens is 152 g/mol. The van der Waals surface area contributed by atoms with Crippen LogP contribution in [0.15, 0.2) is 0 Å². The second-order valence-electron chi connectivity index (χ2n) is 3.63. The molecule has 0 aromatic carbocycles.